The van der Waals surface area contributed by atoms with Crippen LogP contribution in [0.4, 0.5) is 0 Å². The quantitative estimate of drug-likeness (QED) is 0.578. The summed E-state index contributed by atoms with van der Waals surface area (Å²) in [5.74, 6) is -1.04. The summed E-state index contributed by atoms with van der Waals surface area (Å²) < 4.78 is 4.40. The minimum absolute atomic E-state index is 0. The Morgan fingerprint density at radius 3 is 1.64 bits per heavy atom. The zero-order valence-electron chi connectivity index (χ0n) is 6.79. The highest BCUT2D eigenvalue weighted by Gasteiger charge is 1.81. The fourth-order valence-corrected chi connectivity index (χ4v) is 0.203. The van der Waals surface area contributed by atoms with E-state index in [4.69, 9.17) is 9.90 Å². The molecule has 0 fully saturated rings. The van der Waals surface area contributed by atoms with E-state index < -0.39 is 5.97 Å². The SMILES string of the molecule is CC(=O)O.CCOC(C)=O.I. The Hall–Kier alpha value is -0.330. The lowest BCUT2D eigenvalue weighted by atomic mass is 10.8. The highest BCUT2D eigenvalue weighted by atomic mass is 127. The fourth-order valence-electron chi connectivity index (χ4n) is 0.203. The maximum atomic E-state index is 9.82. The molecule has 4 nitrogen and oxygen atoms in total. The van der Waals surface area contributed by atoms with Crippen molar-refractivity contribution in [1.29, 1.82) is 0 Å². The number of rotatable bonds is 1. The molecule has 0 aromatic heterocycles. The Labute approximate surface area is 82.9 Å². The van der Waals surface area contributed by atoms with Crippen molar-refractivity contribution in [3.8, 4) is 0 Å². The first-order valence-electron chi connectivity index (χ1n) is 2.83. The van der Waals surface area contributed by atoms with Crippen LogP contribution in [0.25, 0.3) is 0 Å². The first-order chi connectivity index (χ1) is 4.50. The predicted octanol–water partition coefficient (Wildman–Crippen LogP) is 1.28. The Morgan fingerprint density at radius 1 is 1.36 bits per heavy atom. The average Bonchev–Trinajstić information content (AvgIpc) is 1.62. The lowest BCUT2D eigenvalue weighted by Crippen LogP contribution is -1.95. The van der Waals surface area contributed by atoms with Crippen LogP contribution in [0.2, 0.25) is 0 Å². The predicted molar refractivity (Wildman–Crippen MR) is 51.0 cm³/mol. The third-order valence-electron chi connectivity index (χ3n) is 0.348. The van der Waals surface area contributed by atoms with Gasteiger partial charge in [-0.2, -0.15) is 0 Å². The molecule has 0 aliphatic rings. The Morgan fingerprint density at radius 2 is 1.64 bits per heavy atom. The Bertz CT molecular complexity index is 109. The van der Waals surface area contributed by atoms with E-state index in [2.05, 4.69) is 4.74 Å². The molecule has 0 radical (unpaired) electrons. The number of halogens is 1. The van der Waals surface area contributed by atoms with Crippen molar-refractivity contribution in [2.24, 2.45) is 0 Å². The molecule has 11 heavy (non-hydrogen) atoms. The van der Waals surface area contributed by atoms with E-state index in [0.29, 0.717) is 6.61 Å². The molecule has 0 heterocycles. The van der Waals surface area contributed by atoms with Crippen molar-refractivity contribution in [2.45, 2.75) is 20.8 Å². The molecule has 0 aromatic carbocycles. The van der Waals surface area contributed by atoms with Crippen LogP contribution in [0.1, 0.15) is 20.8 Å². The van der Waals surface area contributed by atoms with Gasteiger partial charge in [0.1, 0.15) is 0 Å². The van der Waals surface area contributed by atoms with Crippen molar-refractivity contribution in [3.63, 3.8) is 0 Å². The molecular formula is C6H13IO4. The molecular weight excluding hydrogens is 263 g/mol. The Balaban J connectivity index is -0.000000114. The zero-order valence-corrected chi connectivity index (χ0v) is 9.12. The second-order valence-corrected chi connectivity index (χ2v) is 1.44. The van der Waals surface area contributed by atoms with Gasteiger partial charge in [0.2, 0.25) is 0 Å². The summed E-state index contributed by atoms with van der Waals surface area (Å²) in [5, 5.41) is 7.42. The number of hydrogen-bond acceptors (Lipinski definition) is 3. The molecule has 5 heteroatoms. The van der Waals surface area contributed by atoms with Crippen LogP contribution in [0.5, 0.6) is 0 Å². The van der Waals surface area contributed by atoms with Gasteiger partial charge in [-0.3, -0.25) is 9.59 Å². The van der Waals surface area contributed by atoms with Gasteiger partial charge in [-0.05, 0) is 6.92 Å². The highest BCUT2D eigenvalue weighted by molar-refractivity contribution is 14.0. The molecule has 0 aromatic rings. The first kappa shape index (κ1) is 17.0. The molecule has 0 rings (SSSR count). The van der Waals surface area contributed by atoms with E-state index in [1.165, 1.54) is 6.92 Å². The number of carbonyl (C=O) groups is 2. The zero-order chi connectivity index (χ0) is 8.57. The van der Waals surface area contributed by atoms with Gasteiger partial charge in [-0.1, -0.05) is 0 Å². The number of hydrogen-bond donors (Lipinski definition) is 1. The number of carboxylic acid groups (broad SMARTS) is 1. The van der Waals surface area contributed by atoms with Crippen molar-refractivity contribution in [2.75, 3.05) is 6.61 Å². The van der Waals surface area contributed by atoms with Crippen LogP contribution >= 0.6 is 24.0 Å². The number of ether oxygens (including phenoxy) is 1. The van der Waals surface area contributed by atoms with Gasteiger partial charge < -0.3 is 9.84 Å². The standard InChI is InChI=1S/C4H8O2.C2H4O2.HI/c1-3-6-4(2)5;1-2(3)4;/h3H2,1-2H3;1H3,(H,3,4);1H. The number of esters is 1. The van der Waals surface area contributed by atoms with Gasteiger partial charge in [-0.25, -0.2) is 0 Å². The van der Waals surface area contributed by atoms with Crippen molar-refractivity contribution < 1.29 is 19.4 Å². The molecule has 1 N–H and O–H groups in total. The summed E-state index contributed by atoms with van der Waals surface area (Å²) in [6.45, 7) is 4.74. The lowest BCUT2D eigenvalue weighted by Gasteiger charge is -1.89. The van der Waals surface area contributed by atoms with Crippen LogP contribution in [-0.4, -0.2) is 23.7 Å². The van der Waals surface area contributed by atoms with Crippen molar-refractivity contribution in [1.82, 2.24) is 0 Å². The summed E-state index contributed by atoms with van der Waals surface area (Å²) in [5.41, 5.74) is 0. The summed E-state index contributed by atoms with van der Waals surface area (Å²) >= 11 is 0. The molecule has 0 atom stereocenters. The van der Waals surface area contributed by atoms with Crippen LogP contribution in [0.15, 0.2) is 0 Å². The monoisotopic (exact) mass is 276 g/mol. The topological polar surface area (TPSA) is 63.6 Å². The van der Waals surface area contributed by atoms with Gasteiger partial charge in [-0.15, -0.1) is 24.0 Å². The first-order valence-corrected chi connectivity index (χ1v) is 2.83. The van der Waals surface area contributed by atoms with Crippen LogP contribution in [0.3, 0.4) is 0 Å². The molecule has 0 spiro atoms. The number of carboxylic acids is 1. The van der Waals surface area contributed by atoms with Crippen LogP contribution < -0.4 is 0 Å². The van der Waals surface area contributed by atoms with Crippen LogP contribution in [-0.2, 0) is 14.3 Å². The van der Waals surface area contributed by atoms with E-state index >= 15 is 0 Å². The molecule has 0 aliphatic heterocycles. The summed E-state index contributed by atoms with van der Waals surface area (Å²) in [6, 6.07) is 0. The van der Waals surface area contributed by atoms with E-state index in [9.17, 15) is 4.79 Å². The van der Waals surface area contributed by atoms with Crippen LogP contribution in [0, 0.1) is 0 Å². The average molecular weight is 276 g/mol. The minimum atomic E-state index is -0.833. The van der Waals surface area contributed by atoms with E-state index in [-0.39, 0.29) is 29.9 Å². The largest absolute Gasteiger partial charge is 0.481 e. The molecule has 0 saturated heterocycles. The van der Waals surface area contributed by atoms with Crippen molar-refractivity contribution in [3.05, 3.63) is 0 Å². The molecule has 0 aliphatic carbocycles. The van der Waals surface area contributed by atoms with E-state index in [0.717, 1.165) is 6.92 Å². The van der Waals surface area contributed by atoms with Gasteiger partial charge >= 0.3 is 5.97 Å². The summed E-state index contributed by atoms with van der Waals surface area (Å²) in [6.07, 6.45) is 0. The molecule has 68 valence electrons. The van der Waals surface area contributed by atoms with Gasteiger partial charge in [0.05, 0.1) is 6.61 Å². The Kier molecular flexibility index (Phi) is 19.1. The van der Waals surface area contributed by atoms with E-state index in [1.807, 2.05) is 0 Å². The van der Waals surface area contributed by atoms with Gasteiger partial charge in [0, 0.05) is 13.8 Å². The third kappa shape index (κ3) is 79.8. The third-order valence-corrected chi connectivity index (χ3v) is 0.348. The smallest absolute Gasteiger partial charge is 0.302 e. The highest BCUT2D eigenvalue weighted by Crippen LogP contribution is 1.69. The van der Waals surface area contributed by atoms with Crippen molar-refractivity contribution >= 4 is 35.9 Å². The second-order valence-electron chi connectivity index (χ2n) is 1.44. The van der Waals surface area contributed by atoms with Gasteiger partial charge in [0.25, 0.3) is 5.97 Å². The molecule has 0 saturated carbocycles. The maximum absolute atomic E-state index is 9.82. The van der Waals surface area contributed by atoms with E-state index in [1.54, 1.807) is 6.92 Å². The fraction of sp³-hybridized carbons (Fsp3) is 0.667. The normalized spacial score (nSPS) is 6.45. The lowest BCUT2D eigenvalue weighted by molar-refractivity contribution is -0.140. The van der Waals surface area contributed by atoms with Gasteiger partial charge in [0.15, 0.2) is 0 Å². The maximum Gasteiger partial charge on any atom is 0.302 e. The molecule has 0 bridgehead atoms. The second kappa shape index (κ2) is 12.4. The molecule has 0 unspecified atom stereocenters. The number of carbonyl (C=O) groups excluding carboxylic acids is 1. The number of aliphatic carboxylic acids is 1. The summed E-state index contributed by atoms with van der Waals surface area (Å²) in [7, 11) is 0. The summed E-state index contributed by atoms with van der Waals surface area (Å²) in [4.78, 5) is 18.8. The minimum Gasteiger partial charge on any atom is -0.481 e. The molecule has 0 amide bonds.